The normalized spacial score (nSPS) is 11.8. The SMILES string of the molecule is CCCCCCNC(=O)COc1c2cccc1Sc1cccc(c1OCC(=O)NCCCCCC)Sc1cccc(c1OCC(=O)NCCCCCC)Sc1cccc(c1OCC(=O)NCCCCCC)S2. The van der Waals surface area contributed by atoms with E-state index in [0.717, 1.165) is 142 Å². The second kappa shape index (κ2) is 34.0. The first-order valence-corrected chi connectivity index (χ1v) is 29.3. The molecule has 0 aromatic heterocycles. The lowest BCUT2D eigenvalue weighted by molar-refractivity contribution is -0.123. The van der Waals surface area contributed by atoms with E-state index in [4.69, 9.17) is 18.9 Å². The van der Waals surface area contributed by atoms with Crippen LogP contribution >= 0.6 is 47.0 Å². The number of fused-ring (bicyclic) bond motifs is 8. The van der Waals surface area contributed by atoms with Crippen molar-refractivity contribution < 1.29 is 38.1 Å². The third kappa shape index (κ3) is 20.3. The van der Waals surface area contributed by atoms with E-state index in [2.05, 4.69) is 49.0 Å². The Hall–Kier alpha value is -4.64. The van der Waals surface area contributed by atoms with Crippen LogP contribution in [-0.2, 0) is 19.2 Å². The maximum Gasteiger partial charge on any atom is 0.257 e. The molecule has 0 saturated heterocycles. The quantitative estimate of drug-likeness (QED) is 0.0303. The third-order valence-corrected chi connectivity index (χ3v) is 15.8. The average molecular weight is 1060 g/mol. The van der Waals surface area contributed by atoms with E-state index in [-0.39, 0.29) is 50.1 Å². The fourth-order valence-corrected chi connectivity index (χ4v) is 12.0. The lowest BCUT2D eigenvalue weighted by atomic mass is 10.2. The highest BCUT2D eigenvalue weighted by Gasteiger charge is 2.25. The molecule has 1 aliphatic rings. The number of carbonyl (C=O) groups is 4. The van der Waals surface area contributed by atoms with Crippen molar-refractivity contribution in [3.8, 4) is 23.0 Å². The number of para-hydroxylation sites is 4. The van der Waals surface area contributed by atoms with Gasteiger partial charge in [0.2, 0.25) is 0 Å². The maximum absolute atomic E-state index is 13.3. The summed E-state index contributed by atoms with van der Waals surface area (Å²) in [6.45, 7) is 10.1. The van der Waals surface area contributed by atoms with E-state index < -0.39 is 0 Å². The van der Waals surface area contributed by atoms with E-state index in [9.17, 15) is 19.2 Å². The van der Waals surface area contributed by atoms with Gasteiger partial charge in [0.1, 0.15) is 23.0 Å². The van der Waals surface area contributed by atoms with Crippen molar-refractivity contribution in [3.63, 3.8) is 0 Å². The predicted molar refractivity (Wildman–Crippen MR) is 293 cm³/mol. The lowest BCUT2D eigenvalue weighted by Crippen LogP contribution is -2.30. The van der Waals surface area contributed by atoms with Crippen molar-refractivity contribution in [2.24, 2.45) is 0 Å². The Bertz CT molecular complexity index is 1920. The molecular weight excluding hydrogens is 985 g/mol. The zero-order valence-corrected chi connectivity index (χ0v) is 46.1. The average Bonchev–Trinajstić information content (AvgIpc) is 3.37. The Balaban J connectivity index is 1.59. The molecule has 1 aliphatic heterocycles. The largest absolute Gasteiger partial charge is 0.481 e. The summed E-state index contributed by atoms with van der Waals surface area (Å²) in [5.74, 6) is 1.08. The number of nitrogens with one attached hydrogen (secondary N) is 4. The Morgan fingerprint density at radius 2 is 0.514 bits per heavy atom. The second-order valence-corrected chi connectivity index (χ2v) is 21.9. The summed E-state index contributed by atoms with van der Waals surface area (Å²) in [6.07, 6.45) is 16.6. The Morgan fingerprint density at radius 3 is 0.694 bits per heavy atom. The first-order valence-electron chi connectivity index (χ1n) is 26.1. The molecule has 16 heteroatoms. The first-order chi connectivity index (χ1) is 35.2. The highest BCUT2D eigenvalue weighted by molar-refractivity contribution is 8.01. The number of unbranched alkanes of at least 4 members (excludes halogenated alkanes) is 12. The van der Waals surface area contributed by atoms with E-state index >= 15 is 0 Å². The number of ether oxygens (including phenoxy) is 4. The number of hydrogen-bond acceptors (Lipinski definition) is 12. The van der Waals surface area contributed by atoms with Gasteiger partial charge in [0.05, 0.1) is 39.2 Å². The molecule has 4 N–H and O–H groups in total. The van der Waals surface area contributed by atoms with Crippen LogP contribution in [0.1, 0.15) is 130 Å². The summed E-state index contributed by atoms with van der Waals surface area (Å²) in [5, 5.41) is 12.1. The molecule has 12 nitrogen and oxygen atoms in total. The lowest BCUT2D eigenvalue weighted by Gasteiger charge is -2.21. The van der Waals surface area contributed by atoms with E-state index in [1.807, 2.05) is 72.8 Å². The predicted octanol–water partition coefficient (Wildman–Crippen LogP) is 12.9. The second-order valence-electron chi connectivity index (χ2n) is 17.5. The molecule has 8 bridgehead atoms. The summed E-state index contributed by atoms with van der Waals surface area (Å²) in [5.41, 5.74) is 0. The van der Waals surface area contributed by atoms with Crippen LogP contribution in [0.15, 0.2) is 112 Å². The third-order valence-electron chi connectivity index (χ3n) is 11.5. The standard InChI is InChI=1S/C56H76N4O8S4/c1-5-9-13-17-33-57-49(61)37-65-53-41-25-21-26-42(53)70-44-28-23-30-46(55(44)67-39-51(63)59-35-19-15-11-7-3)72-48-32-24-31-47(56(48)68-40-52(64)60-36-20-16-12-8-4)71-45-29-22-27-43(69-41)54(45)66-38-50(62)58-34-18-14-10-6-2/h21-32H,5-20,33-40H2,1-4H3,(H,57,61)(H,58,62)(H,59,63)(H,60,64). The van der Waals surface area contributed by atoms with Gasteiger partial charge in [-0.1, -0.05) is 176 Å². The van der Waals surface area contributed by atoms with Crippen molar-refractivity contribution in [2.75, 3.05) is 52.6 Å². The van der Waals surface area contributed by atoms with Crippen molar-refractivity contribution in [1.29, 1.82) is 0 Å². The molecule has 0 atom stereocenters. The minimum absolute atomic E-state index is 0.206. The Kier molecular flexibility index (Phi) is 27.5. The van der Waals surface area contributed by atoms with Gasteiger partial charge in [0.25, 0.3) is 23.6 Å². The number of benzene rings is 4. The van der Waals surface area contributed by atoms with Crippen LogP contribution in [0.3, 0.4) is 0 Å². The van der Waals surface area contributed by atoms with Crippen LogP contribution in [0.5, 0.6) is 23.0 Å². The zero-order chi connectivity index (χ0) is 51.2. The smallest absolute Gasteiger partial charge is 0.257 e. The maximum atomic E-state index is 13.3. The van der Waals surface area contributed by atoms with E-state index in [1.165, 1.54) is 47.0 Å². The molecule has 0 radical (unpaired) electrons. The van der Waals surface area contributed by atoms with Gasteiger partial charge in [-0.3, -0.25) is 19.2 Å². The number of hydrogen-bond donors (Lipinski definition) is 4. The Labute approximate surface area is 445 Å². The van der Waals surface area contributed by atoms with Gasteiger partial charge in [-0.25, -0.2) is 0 Å². The minimum Gasteiger partial charge on any atom is -0.481 e. The topological polar surface area (TPSA) is 153 Å². The van der Waals surface area contributed by atoms with Crippen LogP contribution in [-0.4, -0.2) is 76.2 Å². The van der Waals surface area contributed by atoms with Gasteiger partial charge < -0.3 is 40.2 Å². The molecule has 5 rings (SSSR count). The molecule has 4 aromatic carbocycles. The molecule has 0 aliphatic carbocycles. The number of rotatable bonds is 32. The minimum atomic E-state index is -0.223. The van der Waals surface area contributed by atoms with E-state index in [1.54, 1.807) is 0 Å². The zero-order valence-electron chi connectivity index (χ0n) is 42.8. The number of carbonyl (C=O) groups excluding carboxylic acids is 4. The number of amides is 4. The summed E-state index contributed by atoms with van der Waals surface area (Å²) in [4.78, 5) is 59.1. The summed E-state index contributed by atoms with van der Waals surface area (Å²) in [6, 6.07) is 23.3. The molecule has 0 fully saturated rings. The molecule has 0 spiro atoms. The molecule has 72 heavy (non-hydrogen) atoms. The van der Waals surface area contributed by atoms with Crippen LogP contribution in [0.25, 0.3) is 0 Å². The van der Waals surface area contributed by atoms with Gasteiger partial charge in [-0.2, -0.15) is 0 Å². The first kappa shape index (κ1) is 58.3. The van der Waals surface area contributed by atoms with Crippen molar-refractivity contribution in [2.45, 2.75) is 170 Å². The van der Waals surface area contributed by atoms with Crippen LogP contribution in [0.4, 0.5) is 0 Å². The highest BCUT2D eigenvalue weighted by atomic mass is 32.2. The molecular formula is C56H76N4O8S4. The van der Waals surface area contributed by atoms with Crippen molar-refractivity contribution in [1.82, 2.24) is 21.3 Å². The van der Waals surface area contributed by atoms with Gasteiger partial charge in [0, 0.05) is 26.2 Å². The van der Waals surface area contributed by atoms with Gasteiger partial charge in [-0.05, 0) is 74.2 Å². The fourth-order valence-electron chi connectivity index (χ4n) is 7.54. The monoisotopic (exact) mass is 1060 g/mol. The molecule has 0 saturated carbocycles. The molecule has 1 heterocycles. The van der Waals surface area contributed by atoms with Gasteiger partial charge >= 0.3 is 0 Å². The van der Waals surface area contributed by atoms with Crippen molar-refractivity contribution >= 4 is 70.7 Å². The van der Waals surface area contributed by atoms with Crippen LogP contribution < -0.4 is 40.2 Å². The fraction of sp³-hybridized carbons (Fsp3) is 0.500. The highest BCUT2D eigenvalue weighted by Crippen LogP contribution is 2.53. The van der Waals surface area contributed by atoms with Gasteiger partial charge in [-0.15, -0.1) is 0 Å². The summed E-state index contributed by atoms with van der Waals surface area (Å²) in [7, 11) is 0. The summed E-state index contributed by atoms with van der Waals surface area (Å²) < 4.78 is 26.1. The summed E-state index contributed by atoms with van der Waals surface area (Å²) >= 11 is 5.64. The van der Waals surface area contributed by atoms with E-state index in [0.29, 0.717) is 49.2 Å². The van der Waals surface area contributed by atoms with Gasteiger partial charge in [0.15, 0.2) is 26.4 Å². The molecule has 392 valence electrons. The van der Waals surface area contributed by atoms with Crippen LogP contribution in [0.2, 0.25) is 0 Å². The van der Waals surface area contributed by atoms with Crippen molar-refractivity contribution in [3.05, 3.63) is 72.8 Å². The van der Waals surface area contributed by atoms with Crippen LogP contribution in [0, 0.1) is 0 Å². The Morgan fingerprint density at radius 1 is 0.319 bits per heavy atom. The molecule has 0 unspecified atom stereocenters. The molecule has 4 amide bonds. The molecule has 4 aromatic rings.